The number of hydrogen-bond acceptors (Lipinski definition) is 3. The van der Waals surface area contributed by atoms with Crippen molar-refractivity contribution in [1.29, 1.82) is 0 Å². The summed E-state index contributed by atoms with van der Waals surface area (Å²) < 4.78 is 0. The van der Waals surface area contributed by atoms with Crippen LogP contribution in [0.5, 0.6) is 0 Å². The number of hydrogen-bond donors (Lipinski definition) is 2. The summed E-state index contributed by atoms with van der Waals surface area (Å²) in [6.45, 7) is 4.11. The van der Waals surface area contributed by atoms with Gasteiger partial charge in [0.25, 0.3) is 0 Å². The van der Waals surface area contributed by atoms with Gasteiger partial charge < -0.3 is 11.5 Å². The number of anilines is 1. The monoisotopic (exact) mass is 292 g/mol. The quantitative estimate of drug-likeness (QED) is 0.670. The molecule has 0 aliphatic heterocycles. The second kappa shape index (κ2) is 6.73. The summed E-state index contributed by atoms with van der Waals surface area (Å²) in [5.41, 5.74) is 13.0. The number of nitrogen functional groups attached to an aromatic ring is 1. The molecule has 0 fully saturated rings. The summed E-state index contributed by atoms with van der Waals surface area (Å²) in [5, 5.41) is 1.89. The van der Waals surface area contributed by atoms with Crippen LogP contribution in [0.15, 0.2) is 36.4 Å². The maximum atomic E-state index is 12.5. The maximum Gasteiger partial charge on any atom is 0.182 e. The Hall–Kier alpha value is -1.58. The van der Waals surface area contributed by atoms with Gasteiger partial charge in [0.1, 0.15) is 0 Å². The molecule has 0 saturated carbocycles. The van der Waals surface area contributed by atoms with Crippen molar-refractivity contribution in [2.45, 2.75) is 26.3 Å². The SMILES string of the molecule is CC(C)C[C@H](N)C(=O)c1c(N)ccc2ccccc12.Cl. The van der Waals surface area contributed by atoms with Crippen molar-refractivity contribution in [3.05, 3.63) is 42.0 Å². The molecule has 0 aliphatic carbocycles. The minimum atomic E-state index is -0.492. The summed E-state index contributed by atoms with van der Waals surface area (Å²) in [4.78, 5) is 12.5. The van der Waals surface area contributed by atoms with Crippen LogP contribution in [-0.2, 0) is 0 Å². The topological polar surface area (TPSA) is 69.1 Å². The average Bonchev–Trinajstić information content (AvgIpc) is 2.37. The lowest BCUT2D eigenvalue weighted by molar-refractivity contribution is 0.0953. The Kier molecular flexibility index (Phi) is 5.54. The van der Waals surface area contributed by atoms with Crippen LogP contribution < -0.4 is 11.5 Å². The summed E-state index contributed by atoms with van der Waals surface area (Å²) in [6.07, 6.45) is 0.668. The predicted octanol–water partition coefficient (Wildman–Crippen LogP) is 3.40. The Balaban J connectivity index is 0.00000200. The molecular weight excluding hydrogens is 272 g/mol. The Bertz CT molecular complexity index is 610. The molecule has 0 saturated heterocycles. The Morgan fingerprint density at radius 1 is 1.15 bits per heavy atom. The summed E-state index contributed by atoms with van der Waals surface area (Å²) >= 11 is 0. The fourth-order valence-corrected chi connectivity index (χ4v) is 2.36. The van der Waals surface area contributed by atoms with E-state index in [0.717, 1.165) is 10.8 Å². The minimum absolute atomic E-state index is 0. The molecule has 0 radical (unpaired) electrons. The number of rotatable bonds is 4. The molecular formula is C16H21ClN2O. The molecule has 0 aromatic heterocycles. The normalized spacial score (nSPS) is 12.2. The molecule has 1 atom stereocenters. The van der Waals surface area contributed by atoms with Crippen molar-refractivity contribution >= 4 is 34.7 Å². The highest BCUT2D eigenvalue weighted by molar-refractivity contribution is 6.14. The van der Waals surface area contributed by atoms with E-state index >= 15 is 0 Å². The van der Waals surface area contributed by atoms with Crippen LogP contribution in [0.3, 0.4) is 0 Å². The van der Waals surface area contributed by atoms with Gasteiger partial charge in [0.2, 0.25) is 0 Å². The molecule has 2 aromatic carbocycles. The molecule has 0 spiro atoms. The highest BCUT2D eigenvalue weighted by atomic mass is 35.5. The van der Waals surface area contributed by atoms with Crippen molar-refractivity contribution in [2.24, 2.45) is 11.7 Å². The van der Waals surface area contributed by atoms with Gasteiger partial charge in [-0.3, -0.25) is 4.79 Å². The molecule has 0 aliphatic rings. The number of halogens is 1. The van der Waals surface area contributed by atoms with E-state index in [1.54, 1.807) is 6.07 Å². The van der Waals surface area contributed by atoms with Crippen LogP contribution in [-0.4, -0.2) is 11.8 Å². The van der Waals surface area contributed by atoms with Crippen LogP contribution in [0.25, 0.3) is 10.8 Å². The van der Waals surface area contributed by atoms with Gasteiger partial charge >= 0.3 is 0 Å². The lowest BCUT2D eigenvalue weighted by Crippen LogP contribution is -2.32. The second-order valence-electron chi connectivity index (χ2n) is 5.35. The maximum absolute atomic E-state index is 12.5. The van der Waals surface area contributed by atoms with E-state index in [2.05, 4.69) is 13.8 Å². The summed E-state index contributed by atoms with van der Waals surface area (Å²) in [5.74, 6) is 0.318. The van der Waals surface area contributed by atoms with E-state index in [9.17, 15) is 4.79 Å². The van der Waals surface area contributed by atoms with Crippen LogP contribution in [0.2, 0.25) is 0 Å². The predicted molar refractivity (Wildman–Crippen MR) is 87.4 cm³/mol. The van der Waals surface area contributed by atoms with Gasteiger partial charge in [-0.25, -0.2) is 0 Å². The zero-order valence-electron chi connectivity index (χ0n) is 11.8. The molecule has 108 valence electrons. The van der Waals surface area contributed by atoms with E-state index in [1.807, 2.05) is 30.3 Å². The van der Waals surface area contributed by atoms with Gasteiger partial charge in [-0.15, -0.1) is 12.4 Å². The third-order valence-electron chi connectivity index (χ3n) is 3.27. The molecule has 0 bridgehead atoms. The first-order chi connectivity index (χ1) is 9.00. The Morgan fingerprint density at radius 3 is 2.45 bits per heavy atom. The fourth-order valence-electron chi connectivity index (χ4n) is 2.36. The van der Waals surface area contributed by atoms with Gasteiger partial charge in [-0.2, -0.15) is 0 Å². The highest BCUT2D eigenvalue weighted by Gasteiger charge is 2.21. The lowest BCUT2D eigenvalue weighted by atomic mass is 9.92. The smallest absolute Gasteiger partial charge is 0.182 e. The average molecular weight is 293 g/mol. The molecule has 0 amide bonds. The van der Waals surface area contributed by atoms with E-state index in [-0.39, 0.29) is 18.2 Å². The Labute approximate surface area is 125 Å². The molecule has 0 unspecified atom stereocenters. The zero-order valence-corrected chi connectivity index (χ0v) is 12.6. The molecule has 4 N–H and O–H groups in total. The van der Waals surface area contributed by atoms with Gasteiger partial charge in [-0.05, 0) is 29.2 Å². The number of carbonyl (C=O) groups is 1. The largest absolute Gasteiger partial charge is 0.398 e. The molecule has 4 heteroatoms. The first-order valence-corrected chi connectivity index (χ1v) is 6.57. The number of Topliss-reactive ketones (excluding diaryl/α,β-unsaturated/α-hetero) is 1. The standard InChI is InChI=1S/C16H20N2O.ClH/c1-10(2)9-14(18)16(19)15-12-6-4-3-5-11(12)7-8-13(15)17;/h3-8,10,14H,9,17-18H2,1-2H3;1H/t14-;/m0./s1. The van der Waals surface area contributed by atoms with Crippen molar-refractivity contribution in [1.82, 2.24) is 0 Å². The molecule has 20 heavy (non-hydrogen) atoms. The van der Waals surface area contributed by atoms with Crippen LogP contribution in [0.4, 0.5) is 5.69 Å². The van der Waals surface area contributed by atoms with Crippen LogP contribution >= 0.6 is 12.4 Å². The first kappa shape index (κ1) is 16.5. The van der Waals surface area contributed by atoms with Crippen LogP contribution in [0.1, 0.15) is 30.6 Å². The third-order valence-corrected chi connectivity index (χ3v) is 3.27. The van der Waals surface area contributed by atoms with E-state index in [4.69, 9.17) is 11.5 Å². The van der Waals surface area contributed by atoms with Crippen molar-refractivity contribution < 1.29 is 4.79 Å². The lowest BCUT2D eigenvalue weighted by Gasteiger charge is -2.16. The van der Waals surface area contributed by atoms with Gasteiger partial charge in [0.05, 0.1) is 6.04 Å². The molecule has 3 nitrogen and oxygen atoms in total. The second-order valence-corrected chi connectivity index (χ2v) is 5.35. The molecule has 2 rings (SSSR count). The number of fused-ring (bicyclic) bond motifs is 1. The van der Waals surface area contributed by atoms with Crippen LogP contribution in [0, 0.1) is 5.92 Å². The van der Waals surface area contributed by atoms with Crippen molar-refractivity contribution in [2.75, 3.05) is 5.73 Å². The van der Waals surface area contributed by atoms with Crippen molar-refractivity contribution in [3.63, 3.8) is 0 Å². The van der Waals surface area contributed by atoms with E-state index in [1.165, 1.54) is 0 Å². The van der Waals surface area contributed by atoms with Gasteiger partial charge in [0.15, 0.2) is 5.78 Å². The highest BCUT2D eigenvalue weighted by Crippen LogP contribution is 2.26. The number of nitrogens with two attached hydrogens (primary N) is 2. The summed E-state index contributed by atoms with van der Waals surface area (Å²) in [7, 11) is 0. The first-order valence-electron chi connectivity index (χ1n) is 6.57. The molecule has 2 aromatic rings. The zero-order chi connectivity index (χ0) is 14.0. The van der Waals surface area contributed by atoms with Crippen molar-refractivity contribution in [3.8, 4) is 0 Å². The number of ketones is 1. The van der Waals surface area contributed by atoms with E-state index in [0.29, 0.717) is 23.6 Å². The number of carbonyl (C=O) groups excluding carboxylic acids is 1. The minimum Gasteiger partial charge on any atom is -0.398 e. The fraction of sp³-hybridized carbons (Fsp3) is 0.312. The third kappa shape index (κ3) is 3.30. The van der Waals surface area contributed by atoms with Gasteiger partial charge in [0, 0.05) is 11.3 Å². The van der Waals surface area contributed by atoms with E-state index < -0.39 is 6.04 Å². The number of benzene rings is 2. The summed E-state index contributed by atoms with van der Waals surface area (Å²) in [6, 6.07) is 11.0. The Morgan fingerprint density at radius 2 is 1.80 bits per heavy atom. The molecule has 0 heterocycles. The van der Waals surface area contributed by atoms with Gasteiger partial charge in [-0.1, -0.05) is 44.2 Å².